The minimum atomic E-state index is -0.0236. The maximum Gasteiger partial charge on any atom is 0.0600 e. The molecule has 3 heteroatoms. The molecule has 15 heavy (non-hydrogen) atoms. The van der Waals surface area contributed by atoms with Crippen LogP contribution in [0.15, 0.2) is 0 Å². The van der Waals surface area contributed by atoms with E-state index in [4.69, 9.17) is 9.84 Å². The molecule has 0 amide bonds. The van der Waals surface area contributed by atoms with Gasteiger partial charge < -0.3 is 14.7 Å². The highest BCUT2D eigenvalue weighted by molar-refractivity contribution is 4.75. The smallest absolute Gasteiger partial charge is 0.0600 e. The standard InChI is InChI=1S/C12H25NO2/c1-12(2,3)15-9-7-13-6-4-11(10-13)5-8-14/h11,14H,4-10H2,1-3H3. The average Bonchev–Trinajstić information content (AvgIpc) is 2.51. The van der Waals surface area contributed by atoms with Gasteiger partial charge in [-0.05, 0) is 46.1 Å². The fourth-order valence-corrected chi connectivity index (χ4v) is 2.02. The summed E-state index contributed by atoms with van der Waals surface area (Å²) in [5.41, 5.74) is -0.0236. The lowest BCUT2D eigenvalue weighted by atomic mass is 10.1. The molecule has 1 atom stereocenters. The summed E-state index contributed by atoms with van der Waals surface area (Å²) in [6.45, 7) is 10.7. The number of nitrogens with zero attached hydrogens (tertiary/aromatic N) is 1. The monoisotopic (exact) mass is 215 g/mol. The predicted octanol–water partition coefficient (Wildman–Crippen LogP) is 1.51. The second-order valence-corrected chi connectivity index (χ2v) is 5.43. The summed E-state index contributed by atoms with van der Waals surface area (Å²) in [5.74, 6) is 0.699. The Morgan fingerprint density at radius 2 is 2.13 bits per heavy atom. The van der Waals surface area contributed by atoms with Crippen LogP contribution in [0.25, 0.3) is 0 Å². The third-order valence-corrected chi connectivity index (χ3v) is 2.85. The lowest BCUT2D eigenvalue weighted by molar-refractivity contribution is -0.0113. The van der Waals surface area contributed by atoms with E-state index < -0.39 is 0 Å². The Balaban J connectivity index is 2.09. The quantitative estimate of drug-likeness (QED) is 0.754. The fourth-order valence-electron chi connectivity index (χ4n) is 2.02. The summed E-state index contributed by atoms with van der Waals surface area (Å²) >= 11 is 0. The van der Waals surface area contributed by atoms with Gasteiger partial charge in [-0.3, -0.25) is 0 Å². The maximum absolute atomic E-state index is 8.85. The summed E-state index contributed by atoms with van der Waals surface area (Å²) in [4.78, 5) is 2.44. The molecule has 0 spiro atoms. The first-order valence-corrected chi connectivity index (χ1v) is 5.98. The van der Waals surface area contributed by atoms with Crippen molar-refractivity contribution in [1.82, 2.24) is 4.90 Å². The van der Waals surface area contributed by atoms with Gasteiger partial charge in [-0.1, -0.05) is 0 Å². The molecule has 1 aliphatic rings. The lowest BCUT2D eigenvalue weighted by Crippen LogP contribution is -2.29. The largest absolute Gasteiger partial charge is 0.396 e. The van der Waals surface area contributed by atoms with Crippen LogP contribution in [0.1, 0.15) is 33.6 Å². The van der Waals surface area contributed by atoms with E-state index in [0.717, 1.165) is 32.7 Å². The van der Waals surface area contributed by atoms with E-state index >= 15 is 0 Å². The molecule has 1 fully saturated rings. The van der Waals surface area contributed by atoms with Crippen LogP contribution in [0.4, 0.5) is 0 Å². The predicted molar refractivity (Wildman–Crippen MR) is 62.0 cm³/mol. The van der Waals surface area contributed by atoms with Gasteiger partial charge in [0.05, 0.1) is 12.2 Å². The molecule has 0 aromatic carbocycles. The van der Waals surface area contributed by atoms with Crippen LogP contribution in [-0.4, -0.2) is 48.5 Å². The van der Waals surface area contributed by atoms with Crippen LogP contribution in [0, 0.1) is 5.92 Å². The van der Waals surface area contributed by atoms with Crippen molar-refractivity contribution in [1.29, 1.82) is 0 Å². The van der Waals surface area contributed by atoms with Gasteiger partial charge in [0.15, 0.2) is 0 Å². The van der Waals surface area contributed by atoms with Crippen molar-refractivity contribution in [2.24, 2.45) is 5.92 Å². The Morgan fingerprint density at radius 1 is 1.40 bits per heavy atom. The first kappa shape index (κ1) is 12.9. The molecular formula is C12H25NO2. The van der Waals surface area contributed by atoms with Crippen molar-refractivity contribution in [3.8, 4) is 0 Å². The molecule has 0 aromatic heterocycles. The second kappa shape index (κ2) is 5.83. The molecule has 1 saturated heterocycles. The molecule has 1 N–H and O–H groups in total. The molecule has 1 heterocycles. The molecular weight excluding hydrogens is 190 g/mol. The van der Waals surface area contributed by atoms with Crippen LogP contribution in [-0.2, 0) is 4.74 Å². The van der Waals surface area contributed by atoms with E-state index in [9.17, 15) is 0 Å². The minimum absolute atomic E-state index is 0.0236. The van der Waals surface area contributed by atoms with Crippen molar-refractivity contribution in [3.63, 3.8) is 0 Å². The van der Waals surface area contributed by atoms with Crippen molar-refractivity contribution >= 4 is 0 Å². The number of rotatable bonds is 5. The van der Waals surface area contributed by atoms with E-state index in [-0.39, 0.29) is 5.60 Å². The summed E-state index contributed by atoms with van der Waals surface area (Å²) in [6.07, 6.45) is 2.19. The minimum Gasteiger partial charge on any atom is -0.396 e. The Kier molecular flexibility index (Phi) is 5.03. The van der Waals surface area contributed by atoms with Gasteiger partial charge in [-0.25, -0.2) is 0 Å². The summed E-state index contributed by atoms with van der Waals surface area (Å²) < 4.78 is 5.70. The normalized spacial score (nSPS) is 23.6. The van der Waals surface area contributed by atoms with Gasteiger partial charge >= 0.3 is 0 Å². The highest BCUT2D eigenvalue weighted by Crippen LogP contribution is 2.18. The third kappa shape index (κ3) is 5.50. The highest BCUT2D eigenvalue weighted by atomic mass is 16.5. The highest BCUT2D eigenvalue weighted by Gasteiger charge is 2.21. The van der Waals surface area contributed by atoms with Crippen molar-refractivity contribution < 1.29 is 9.84 Å². The summed E-state index contributed by atoms with van der Waals surface area (Å²) in [5, 5.41) is 8.85. The molecule has 0 aliphatic carbocycles. The Labute approximate surface area is 93.4 Å². The number of likely N-dealkylation sites (tertiary alicyclic amines) is 1. The SMILES string of the molecule is CC(C)(C)OCCN1CCC(CCO)C1. The van der Waals surface area contributed by atoms with E-state index in [1.807, 2.05) is 0 Å². The second-order valence-electron chi connectivity index (χ2n) is 5.43. The number of aliphatic hydroxyl groups is 1. The van der Waals surface area contributed by atoms with Gasteiger partial charge in [0.1, 0.15) is 0 Å². The van der Waals surface area contributed by atoms with Crippen LogP contribution in [0.5, 0.6) is 0 Å². The van der Waals surface area contributed by atoms with Crippen LogP contribution >= 0.6 is 0 Å². The zero-order valence-corrected chi connectivity index (χ0v) is 10.3. The number of hydrogen-bond acceptors (Lipinski definition) is 3. The Morgan fingerprint density at radius 3 is 2.73 bits per heavy atom. The first-order chi connectivity index (χ1) is 7.01. The van der Waals surface area contributed by atoms with Crippen LogP contribution in [0.2, 0.25) is 0 Å². The molecule has 0 aromatic rings. The number of ether oxygens (including phenoxy) is 1. The van der Waals surface area contributed by atoms with E-state index in [1.165, 1.54) is 6.42 Å². The Hall–Kier alpha value is -0.120. The topological polar surface area (TPSA) is 32.7 Å². The molecule has 90 valence electrons. The first-order valence-electron chi connectivity index (χ1n) is 5.98. The zero-order chi connectivity index (χ0) is 11.3. The van der Waals surface area contributed by atoms with Gasteiger partial charge in [0, 0.05) is 19.7 Å². The lowest BCUT2D eigenvalue weighted by Gasteiger charge is -2.22. The molecule has 1 rings (SSSR count). The summed E-state index contributed by atoms with van der Waals surface area (Å²) in [7, 11) is 0. The number of aliphatic hydroxyl groups excluding tert-OH is 1. The van der Waals surface area contributed by atoms with E-state index in [2.05, 4.69) is 25.7 Å². The fraction of sp³-hybridized carbons (Fsp3) is 1.00. The maximum atomic E-state index is 8.85. The van der Waals surface area contributed by atoms with E-state index in [1.54, 1.807) is 0 Å². The van der Waals surface area contributed by atoms with E-state index in [0.29, 0.717) is 12.5 Å². The zero-order valence-electron chi connectivity index (χ0n) is 10.3. The third-order valence-electron chi connectivity index (χ3n) is 2.85. The molecule has 0 saturated carbocycles. The molecule has 1 aliphatic heterocycles. The van der Waals surface area contributed by atoms with Gasteiger partial charge in [0.25, 0.3) is 0 Å². The van der Waals surface area contributed by atoms with Crippen molar-refractivity contribution in [3.05, 3.63) is 0 Å². The summed E-state index contributed by atoms with van der Waals surface area (Å²) in [6, 6.07) is 0. The molecule has 1 unspecified atom stereocenters. The van der Waals surface area contributed by atoms with Crippen molar-refractivity contribution in [2.45, 2.75) is 39.2 Å². The average molecular weight is 215 g/mol. The van der Waals surface area contributed by atoms with Gasteiger partial charge in [-0.15, -0.1) is 0 Å². The molecule has 0 bridgehead atoms. The van der Waals surface area contributed by atoms with Gasteiger partial charge in [0.2, 0.25) is 0 Å². The van der Waals surface area contributed by atoms with Crippen LogP contribution < -0.4 is 0 Å². The van der Waals surface area contributed by atoms with Gasteiger partial charge in [-0.2, -0.15) is 0 Å². The molecule has 0 radical (unpaired) electrons. The Bertz CT molecular complexity index is 177. The van der Waals surface area contributed by atoms with Crippen molar-refractivity contribution in [2.75, 3.05) is 32.8 Å². The number of hydrogen-bond donors (Lipinski definition) is 1. The van der Waals surface area contributed by atoms with Crippen LogP contribution in [0.3, 0.4) is 0 Å². The molecule has 3 nitrogen and oxygen atoms in total.